The third kappa shape index (κ3) is 3.63. The van der Waals surface area contributed by atoms with Crippen LogP contribution in [0.2, 0.25) is 0 Å². The van der Waals surface area contributed by atoms with Gasteiger partial charge in [0.15, 0.2) is 0 Å². The molecule has 2 aromatic heterocycles. The van der Waals surface area contributed by atoms with Gasteiger partial charge in [-0.25, -0.2) is 0 Å². The molecule has 0 fully saturated rings. The van der Waals surface area contributed by atoms with Gasteiger partial charge in [-0.2, -0.15) is 0 Å². The number of para-hydroxylation sites is 1. The van der Waals surface area contributed by atoms with E-state index in [2.05, 4.69) is 191 Å². The van der Waals surface area contributed by atoms with E-state index in [1.807, 2.05) is 0 Å². The lowest BCUT2D eigenvalue weighted by Crippen LogP contribution is -1.97. The van der Waals surface area contributed by atoms with Crippen LogP contribution in [0, 0.1) is 0 Å². The van der Waals surface area contributed by atoms with Crippen molar-refractivity contribution in [3.05, 3.63) is 182 Å². The lowest BCUT2D eigenvalue weighted by molar-refractivity contribution is 1.19. The van der Waals surface area contributed by atoms with E-state index in [-0.39, 0.29) is 0 Å². The molecule has 2 nitrogen and oxygen atoms in total. The SMILES string of the molecule is c1ccc(-c2ccc(-n3c4c5ccccc5ccc4c4ccc5c(c6ccccc6n5-c5ccc6c7c(cccc57)-c5ccccc5-6)c43)cc2)cc1. The van der Waals surface area contributed by atoms with Crippen molar-refractivity contribution >= 4 is 65.2 Å². The van der Waals surface area contributed by atoms with Crippen molar-refractivity contribution < 1.29 is 0 Å². The summed E-state index contributed by atoms with van der Waals surface area (Å²) in [6.45, 7) is 0. The molecule has 0 saturated carbocycles. The van der Waals surface area contributed by atoms with Gasteiger partial charge in [0.25, 0.3) is 0 Å². The number of aromatic nitrogens is 2. The average Bonchev–Trinajstić information content (AvgIpc) is 3.85. The van der Waals surface area contributed by atoms with Crippen LogP contribution in [0.4, 0.5) is 0 Å². The van der Waals surface area contributed by atoms with E-state index in [0.717, 1.165) is 5.69 Å². The quantitative estimate of drug-likeness (QED) is 0.179. The van der Waals surface area contributed by atoms with Crippen molar-refractivity contribution in [2.75, 3.05) is 0 Å². The largest absolute Gasteiger partial charge is 0.309 e. The second kappa shape index (κ2) is 10.3. The highest BCUT2D eigenvalue weighted by atomic mass is 15.0. The van der Waals surface area contributed by atoms with Crippen LogP contribution in [-0.4, -0.2) is 9.13 Å². The van der Waals surface area contributed by atoms with Gasteiger partial charge in [0, 0.05) is 38.0 Å². The topological polar surface area (TPSA) is 9.86 Å². The van der Waals surface area contributed by atoms with Gasteiger partial charge in [0.05, 0.1) is 27.8 Å². The Labute approximate surface area is 300 Å². The van der Waals surface area contributed by atoms with E-state index >= 15 is 0 Å². The molecule has 0 spiro atoms. The van der Waals surface area contributed by atoms with Crippen molar-refractivity contribution in [3.8, 4) is 44.8 Å². The smallest absolute Gasteiger partial charge is 0.0641 e. The zero-order valence-corrected chi connectivity index (χ0v) is 28.2. The summed E-state index contributed by atoms with van der Waals surface area (Å²) in [5.74, 6) is 0. The van der Waals surface area contributed by atoms with Crippen molar-refractivity contribution in [2.45, 2.75) is 0 Å². The van der Waals surface area contributed by atoms with Crippen molar-refractivity contribution in [3.63, 3.8) is 0 Å². The molecule has 0 amide bonds. The van der Waals surface area contributed by atoms with Gasteiger partial charge in [-0.3, -0.25) is 0 Å². The molecule has 9 aromatic carbocycles. The van der Waals surface area contributed by atoms with E-state index in [1.54, 1.807) is 0 Å². The monoisotopic (exact) mass is 658 g/mol. The third-order valence-electron chi connectivity index (χ3n) is 11.4. The Morgan fingerprint density at radius 2 is 0.923 bits per heavy atom. The molecular formula is C50H30N2. The first-order valence-electron chi connectivity index (χ1n) is 18.0. The lowest BCUT2D eigenvalue weighted by Gasteiger charge is -2.14. The Bertz CT molecular complexity index is 3240. The molecule has 0 unspecified atom stereocenters. The summed E-state index contributed by atoms with van der Waals surface area (Å²) >= 11 is 0. The Morgan fingerprint density at radius 1 is 0.288 bits per heavy atom. The Morgan fingerprint density at radius 3 is 1.77 bits per heavy atom. The van der Waals surface area contributed by atoms with Crippen LogP contribution in [0.5, 0.6) is 0 Å². The number of nitrogens with zero attached hydrogens (tertiary/aromatic N) is 2. The molecule has 0 aliphatic heterocycles. The maximum Gasteiger partial charge on any atom is 0.0641 e. The van der Waals surface area contributed by atoms with Crippen LogP contribution >= 0.6 is 0 Å². The first-order valence-corrected chi connectivity index (χ1v) is 18.0. The summed E-state index contributed by atoms with van der Waals surface area (Å²) in [5.41, 5.74) is 15.0. The van der Waals surface area contributed by atoms with Crippen molar-refractivity contribution in [1.82, 2.24) is 9.13 Å². The molecule has 0 bridgehead atoms. The van der Waals surface area contributed by atoms with Crippen molar-refractivity contribution in [1.29, 1.82) is 0 Å². The number of benzene rings is 9. The maximum absolute atomic E-state index is 2.53. The van der Waals surface area contributed by atoms with E-state index < -0.39 is 0 Å². The number of hydrogen-bond acceptors (Lipinski definition) is 0. The molecule has 11 aromatic rings. The van der Waals surface area contributed by atoms with E-state index in [1.165, 1.54) is 104 Å². The standard InChI is InChI=1S/C50H30N2/c1-2-11-31(12-3-1)32-21-24-34(25-22-32)51-49-35-14-5-4-13-33(35)23-26-40(49)41-28-30-46-48(50(41)51)43-17-8-9-20-44(43)52(46)45-29-27-39-37-16-7-6-15-36(37)38-18-10-19-42(45)47(38)39/h1-30H. The molecule has 2 heterocycles. The van der Waals surface area contributed by atoms with Gasteiger partial charge >= 0.3 is 0 Å². The second-order valence-corrected chi connectivity index (χ2v) is 14.0. The molecule has 0 atom stereocenters. The van der Waals surface area contributed by atoms with Gasteiger partial charge in [-0.15, -0.1) is 0 Å². The highest BCUT2D eigenvalue weighted by Gasteiger charge is 2.25. The predicted octanol–water partition coefficient (Wildman–Crippen LogP) is 13.5. The fourth-order valence-corrected chi connectivity index (χ4v) is 9.26. The van der Waals surface area contributed by atoms with Crippen LogP contribution in [-0.2, 0) is 0 Å². The summed E-state index contributed by atoms with van der Waals surface area (Å²) in [6, 6.07) is 67.1. The number of rotatable bonds is 3. The second-order valence-electron chi connectivity index (χ2n) is 14.0. The molecular weight excluding hydrogens is 629 g/mol. The van der Waals surface area contributed by atoms with Crippen LogP contribution in [0.3, 0.4) is 0 Å². The van der Waals surface area contributed by atoms with Crippen LogP contribution in [0.1, 0.15) is 0 Å². The Hall–Kier alpha value is -6.90. The molecule has 12 rings (SSSR count). The van der Waals surface area contributed by atoms with Crippen LogP contribution in [0.25, 0.3) is 110 Å². The van der Waals surface area contributed by atoms with Crippen LogP contribution in [0.15, 0.2) is 182 Å². The summed E-state index contributed by atoms with van der Waals surface area (Å²) in [7, 11) is 0. The minimum atomic E-state index is 1.16. The molecule has 1 aliphatic carbocycles. The summed E-state index contributed by atoms with van der Waals surface area (Å²) in [6.07, 6.45) is 0. The molecule has 0 N–H and O–H groups in total. The number of fused-ring (bicyclic) bond motifs is 12. The average molecular weight is 659 g/mol. The summed E-state index contributed by atoms with van der Waals surface area (Å²) in [4.78, 5) is 0. The van der Waals surface area contributed by atoms with E-state index in [9.17, 15) is 0 Å². The van der Waals surface area contributed by atoms with E-state index in [4.69, 9.17) is 0 Å². The fraction of sp³-hybridized carbons (Fsp3) is 0. The van der Waals surface area contributed by atoms with E-state index in [0.29, 0.717) is 0 Å². The van der Waals surface area contributed by atoms with Gasteiger partial charge < -0.3 is 9.13 Å². The third-order valence-corrected chi connectivity index (χ3v) is 11.4. The van der Waals surface area contributed by atoms with Crippen molar-refractivity contribution in [2.24, 2.45) is 0 Å². The Kier molecular flexibility index (Phi) is 5.53. The van der Waals surface area contributed by atoms with Crippen LogP contribution < -0.4 is 0 Å². The Balaban J connectivity index is 1.22. The zero-order chi connectivity index (χ0) is 33.9. The molecule has 52 heavy (non-hydrogen) atoms. The normalized spacial score (nSPS) is 12.2. The molecule has 1 aliphatic rings. The van der Waals surface area contributed by atoms with Gasteiger partial charge in [0.2, 0.25) is 0 Å². The summed E-state index contributed by atoms with van der Waals surface area (Å²) in [5, 5.41) is 10.2. The minimum Gasteiger partial charge on any atom is -0.309 e. The molecule has 2 heteroatoms. The number of hydrogen-bond donors (Lipinski definition) is 0. The molecule has 0 radical (unpaired) electrons. The molecule has 240 valence electrons. The first kappa shape index (κ1) is 27.9. The maximum atomic E-state index is 2.53. The predicted molar refractivity (Wildman–Crippen MR) is 220 cm³/mol. The minimum absolute atomic E-state index is 1.16. The summed E-state index contributed by atoms with van der Waals surface area (Å²) < 4.78 is 5.04. The fourth-order valence-electron chi connectivity index (χ4n) is 9.26. The van der Waals surface area contributed by atoms with Gasteiger partial charge in [0.1, 0.15) is 0 Å². The zero-order valence-electron chi connectivity index (χ0n) is 28.2. The van der Waals surface area contributed by atoms with Gasteiger partial charge in [-0.1, -0.05) is 152 Å². The highest BCUT2D eigenvalue weighted by molar-refractivity contribution is 6.29. The lowest BCUT2D eigenvalue weighted by atomic mass is 10.0. The molecule has 0 saturated heterocycles. The first-order chi connectivity index (χ1) is 25.8. The highest BCUT2D eigenvalue weighted by Crippen LogP contribution is 2.50. The van der Waals surface area contributed by atoms with Gasteiger partial charge in [-0.05, 0) is 74.5 Å².